The minimum absolute atomic E-state index is 0.392. The van der Waals surface area contributed by atoms with Gasteiger partial charge in [0.25, 0.3) is 0 Å². The molecule has 0 heterocycles. The molecular weight excluding hydrogens is 148 g/mol. The van der Waals surface area contributed by atoms with Crippen LogP contribution in [0.3, 0.4) is 0 Å². The van der Waals surface area contributed by atoms with Crippen molar-refractivity contribution >= 4 is 0 Å². The van der Waals surface area contributed by atoms with Crippen molar-refractivity contribution in [1.82, 2.24) is 0 Å². The Hall–Kier alpha value is -0.480. The van der Waals surface area contributed by atoms with Crippen LogP contribution in [0, 0.1) is 11.8 Å². The molecule has 0 aliphatic rings. The van der Waals surface area contributed by atoms with Gasteiger partial charge in [0, 0.05) is 6.42 Å². The van der Waals surface area contributed by atoms with E-state index in [0.29, 0.717) is 0 Å². The van der Waals surface area contributed by atoms with Gasteiger partial charge >= 0.3 is 0 Å². The number of aliphatic hydroxyl groups is 1. The van der Waals surface area contributed by atoms with Crippen LogP contribution in [-0.4, -0.2) is 11.2 Å². The minimum atomic E-state index is -0.392. The molecular formula is C11H20O. The molecule has 0 saturated carbocycles. The summed E-state index contributed by atoms with van der Waals surface area (Å²) in [7, 11) is 0. The van der Waals surface area contributed by atoms with Gasteiger partial charge < -0.3 is 5.11 Å². The van der Waals surface area contributed by atoms with Crippen molar-refractivity contribution in [1.29, 1.82) is 0 Å². The van der Waals surface area contributed by atoms with Crippen molar-refractivity contribution in [2.45, 2.75) is 58.5 Å². The maximum atomic E-state index is 9.23. The zero-order valence-electron chi connectivity index (χ0n) is 8.27. The largest absolute Gasteiger partial charge is 0.380 e. The third kappa shape index (κ3) is 7.63. The van der Waals surface area contributed by atoms with Gasteiger partial charge in [-0.1, -0.05) is 39.0 Å². The van der Waals surface area contributed by atoms with Gasteiger partial charge in [0.05, 0.1) is 0 Å². The van der Waals surface area contributed by atoms with Crippen molar-refractivity contribution < 1.29 is 5.11 Å². The van der Waals surface area contributed by atoms with Crippen LogP contribution >= 0.6 is 0 Å². The lowest BCUT2D eigenvalue weighted by Crippen LogP contribution is -2.00. The summed E-state index contributed by atoms with van der Waals surface area (Å²) in [4.78, 5) is 0. The molecule has 1 N–H and O–H groups in total. The maximum absolute atomic E-state index is 9.23. The van der Waals surface area contributed by atoms with E-state index < -0.39 is 6.10 Å². The zero-order chi connectivity index (χ0) is 9.23. The van der Waals surface area contributed by atoms with Gasteiger partial charge in [-0.3, -0.25) is 0 Å². The fourth-order valence-corrected chi connectivity index (χ4v) is 0.999. The molecule has 1 atom stereocenters. The Balaban J connectivity index is 3.31. The second-order valence-corrected chi connectivity index (χ2v) is 3.08. The smallest absolute Gasteiger partial charge is 0.114 e. The van der Waals surface area contributed by atoms with Gasteiger partial charge in [-0.15, -0.1) is 5.92 Å². The molecule has 12 heavy (non-hydrogen) atoms. The Kier molecular flexibility index (Phi) is 8.27. The summed E-state index contributed by atoms with van der Waals surface area (Å²) >= 11 is 0. The summed E-state index contributed by atoms with van der Waals surface area (Å²) in [5.74, 6) is 5.85. The lowest BCUT2D eigenvalue weighted by atomic mass is 10.2. The van der Waals surface area contributed by atoms with Crippen LogP contribution in [0.2, 0.25) is 0 Å². The average Bonchev–Trinajstić information content (AvgIpc) is 2.05. The highest BCUT2D eigenvalue weighted by Gasteiger charge is 1.93. The Morgan fingerprint density at radius 1 is 1.17 bits per heavy atom. The van der Waals surface area contributed by atoms with Gasteiger partial charge in [0.2, 0.25) is 0 Å². The fraction of sp³-hybridized carbons (Fsp3) is 0.818. The van der Waals surface area contributed by atoms with E-state index >= 15 is 0 Å². The normalized spacial score (nSPS) is 11.9. The summed E-state index contributed by atoms with van der Waals surface area (Å²) in [5, 5.41) is 9.23. The first-order chi connectivity index (χ1) is 5.81. The van der Waals surface area contributed by atoms with Crippen LogP contribution in [0.15, 0.2) is 0 Å². The van der Waals surface area contributed by atoms with E-state index in [1.165, 1.54) is 19.3 Å². The van der Waals surface area contributed by atoms with Gasteiger partial charge in [0.1, 0.15) is 6.10 Å². The molecule has 0 bridgehead atoms. The van der Waals surface area contributed by atoms with Crippen molar-refractivity contribution in [3.63, 3.8) is 0 Å². The van der Waals surface area contributed by atoms with Gasteiger partial charge in [-0.05, 0) is 12.8 Å². The fourth-order valence-electron chi connectivity index (χ4n) is 0.999. The Bertz CT molecular complexity index is 141. The second kappa shape index (κ2) is 8.62. The molecule has 0 aliphatic heterocycles. The van der Waals surface area contributed by atoms with E-state index in [1.54, 1.807) is 0 Å². The molecule has 70 valence electrons. The number of unbranched alkanes of at least 4 members (excludes halogenated alkanes) is 3. The molecule has 0 rings (SSSR count). The summed E-state index contributed by atoms with van der Waals surface area (Å²) < 4.78 is 0. The van der Waals surface area contributed by atoms with Gasteiger partial charge in [-0.2, -0.15) is 0 Å². The molecule has 0 radical (unpaired) electrons. The lowest BCUT2D eigenvalue weighted by Gasteiger charge is -1.97. The Morgan fingerprint density at radius 2 is 1.92 bits per heavy atom. The molecule has 0 spiro atoms. The predicted octanol–water partition coefficient (Wildman–Crippen LogP) is 2.73. The summed E-state index contributed by atoms with van der Waals surface area (Å²) in [6.07, 6.45) is 6.01. The van der Waals surface area contributed by atoms with Crippen LogP contribution in [-0.2, 0) is 0 Å². The van der Waals surface area contributed by atoms with Crippen molar-refractivity contribution in [3.05, 3.63) is 0 Å². The van der Waals surface area contributed by atoms with Crippen molar-refractivity contribution in [2.24, 2.45) is 0 Å². The summed E-state index contributed by atoms with van der Waals surface area (Å²) in [5.41, 5.74) is 0. The van der Waals surface area contributed by atoms with Crippen LogP contribution < -0.4 is 0 Å². The second-order valence-electron chi connectivity index (χ2n) is 3.08. The monoisotopic (exact) mass is 168 g/mol. The predicted molar refractivity (Wildman–Crippen MR) is 52.8 cm³/mol. The first-order valence-electron chi connectivity index (χ1n) is 4.97. The molecule has 0 aromatic carbocycles. The average molecular weight is 168 g/mol. The van der Waals surface area contributed by atoms with E-state index in [9.17, 15) is 5.11 Å². The Labute approximate surface area is 76.2 Å². The molecule has 0 aliphatic carbocycles. The van der Waals surface area contributed by atoms with Gasteiger partial charge in [-0.25, -0.2) is 0 Å². The van der Waals surface area contributed by atoms with E-state index in [2.05, 4.69) is 25.7 Å². The third-order valence-electron chi connectivity index (χ3n) is 1.74. The number of aliphatic hydroxyl groups excluding tert-OH is 1. The number of hydrogen-bond acceptors (Lipinski definition) is 1. The Morgan fingerprint density at radius 3 is 2.50 bits per heavy atom. The minimum Gasteiger partial charge on any atom is -0.380 e. The van der Waals surface area contributed by atoms with Crippen molar-refractivity contribution in [3.8, 4) is 11.8 Å². The maximum Gasteiger partial charge on any atom is 0.114 e. The first kappa shape index (κ1) is 11.5. The zero-order valence-corrected chi connectivity index (χ0v) is 8.27. The van der Waals surface area contributed by atoms with Crippen LogP contribution in [0.25, 0.3) is 0 Å². The third-order valence-corrected chi connectivity index (χ3v) is 1.74. The van der Waals surface area contributed by atoms with Crippen LogP contribution in [0.4, 0.5) is 0 Å². The quantitative estimate of drug-likeness (QED) is 0.494. The molecule has 1 heteroatoms. The molecule has 0 fully saturated rings. The number of hydrogen-bond donors (Lipinski definition) is 1. The first-order valence-corrected chi connectivity index (χ1v) is 4.97. The highest BCUT2D eigenvalue weighted by Crippen LogP contribution is 1.98. The SMILES string of the molecule is CCCCCC#C[C@H](O)CCC. The standard InChI is InChI=1S/C11H20O/c1-3-5-6-7-8-10-11(12)9-4-2/h11-12H,3-7,9H2,1-2H3/t11-/m1/s1. The van der Waals surface area contributed by atoms with E-state index in [-0.39, 0.29) is 0 Å². The van der Waals surface area contributed by atoms with Gasteiger partial charge in [0.15, 0.2) is 0 Å². The van der Waals surface area contributed by atoms with Crippen LogP contribution in [0.1, 0.15) is 52.4 Å². The molecule has 0 unspecified atom stereocenters. The highest BCUT2D eigenvalue weighted by atomic mass is 16.3. The van der Waals surface area contributed by atoms with Crippen LogP contribution in [0.5, 0.6) is 0 Å². The molecule has 0 aromatic heterocycles. The van der Waals surface area contributed by atoms with E-state index in [4.69, 9.17) is 0 Å². The van der Waals surface area contributed by atoms with E-state index in [1.807, 2.05) is 0 Å². The highest BCUT2D eigenvalue weighted by molar-refractivity contribution is 5.04. The number of rotatable bonds is 5. The molecule has 0 aromatic rings. The molecule has 1 nitrogen and oxygen atoms in total. The lowest BCUT2D eigenvalue weighted by molar-refractivity contribution is 0.221. The van der Waals surface area contributed by atoms with Crippen molar-refractivity contribution in [2.75, 3.05) is 0 Å². The topological polar surface area (TPSA) is 20.2 Å². The van der Waals surface area contributed by atoms with E-state index in [0.717, 1.165) is 19.3 Å². The molecule has 0 saturated heterocycles. The summed E-state index contributed by atoms with van der Waals surface area (Å²) in [6.45, 7) is 4.24. The molecule has 0 amide bonds. The summed E-state index contributed by atoms with van der Waals surface area (Å²) in [6, 6.07) is 0.